The van der Waals surface area contributed by atoms with Gasteiger partial charge >= 0.3 is 0 Å². The van der Waals surface area contributed by atoms with Gasteiger partial charge in [0.25, 0.3) is 0 Å². The largest absolute Gasteiger partial charge is 0.314 e. The van der Waals surface area contributed by atoms with E-state index in [1.54, 1.807) is 11.3 Å². The highest BCUT2D eigenvalue weighted by atomic mass is 32.1. The van der Waals surface area contributed by atoms with Crippen LogP contribution in [0.25, 0.3) is 0 Å². The molecule has 0 amide bonds. The molecule has 1 N–H and O–H groups in total. The van der Waals surface area contributed by atoms with Crippen LogP contribution in [0, 0.1) is 0 Å². The smallest absolute Gasteiger partial charge is 0.127 e. The monoisotopic (exact) mass is 301 g/mol. The van der Waals surface area contributed by atoms with Gasteiger partial charge in [-0.2, -0.15) is 0 Å². The van der Waals surface area contributed by atoms with Gasteiger partial charge in [-0.05, 0) is 45.2 Å². The Morgan fingerprint density at radius 3 is 2.67 bits per heavy atom. The van der Waals surface area contributed by atoms with Gasteiger partial charge in [-0.1, -0.05) is 30.3 Å². The first-order valence-electron chi connectivity index (χ1n) is 7.78. The van der Waals surface area contributed by atoms with Crippen molar-refractivity contribution >= 4 is 11.3 Å². The van der Waals surface area contributed by atoms with Crippen LogP contribution in [0.5, 0.6) is 0 Å². The van der Waals surface area contributed by atoms with Gasteiger partial charge in [0.05, 0.1) is 0 Å². The van der Waals surface area contributed by atoms with Gasteiger partial charge in [0.2, 0.25) is 0 Å². The summed E-state index contributed by atoms with van der Waals surface area (Å²) in [6.45, 7) is 5.55. The van der Waals surface area contributed by atoms with E-state index in [1.807, 2.05) is 0 Å². The molecule has 0 radical (unpaired) electrons. The van der Waals surface area contributed by atoms with Gasteiger partial charge in [0, 0.05) is 17.9 Å². The maximum atomic E-state index is 4.44. The number of benzene rings is 1. The van der Waals surface area contributed by atoms with Gasteiger partial charge in [0.15, 0.2) is 0 Å². The van der Waals surface area contributed by atoms with Crippen LogP contribution < -0.4 is 5.32 Å². The summed E-state index contributed by atoms with van der Waals surface area (Å²) in [4.78, 5) is 0. The van der Waals surface area contributed by atoms with Crippen molar-refractivity contribution in [2.24, 2.45) is 0 Å². The molecule has 1 heterocycles. The lowest BCUT2D eigenvalue weighted by Crippen LogP contribution is -2.18. The zero-order valence-corrected chi connectivity index (χ0v) is 13.6. The number of hydrogen-bond donors (Lipinski definition) is 1. The maximum Gasteiger partial charge on any atom is 0.127 e. The Kier molecular flexibility index (Phi) is 4.36. The van der Waals surface area contributed by atoms with Crippen LogP contribution in [0.1, 0.15) is 48.7 Å². The van der Waals surface area contributed by atoms with Crippen molar-refractivity contribution in [2.45, 2.75) is 51.0 Å². The van der Waals surface area contributed by atoms with Gasteiger partial charge in [-0.3, -0.25) is 0 Å². The second-order valence-electron chi connectivity index (χ2n) is 6.32. The summed E-state index contributed by atoms with van der Waals surface area (Å²) < 4.78 is 0. The van der Waals surface area contributed by atoms with Crippen molar-refractivity contribution in [3.05, 3.63) is 45.9 Å². The highest BCUT2D eigenvalue weighted by Gasteiger charge is 2.27. The first-order valence-corrected chi connectivity index (χ1v) is 8.59. The lowest BCUT2D eigenvalue weighted by Gasteiger charge is -2.21. The molecule has 4 heteroatoms. The maximum absolute atomic E-state index is 4.44. The predicted molar refractivity (Wildman–Crippen MR) is 87.8 cm³/mol. The Morgan fingerprint density at radius 2 is 1.95 bits per heavy atom. The number of rotatable bonds is 7. The summed E-state index contributed by atoms with van der Waals surface area (Å²) in [6, 6.07) is 11.4. The quantitative estimate of drug-likeness (QED) is 0.795. The Morgan fingerprint density at radius 1 is 1.19 bits per heavy atom. The Balaban J connectivity index is 1.60. The molecule has 1 fully saturated rings. The number of hydrogen-bond acceptors (Lipinski definition) is 4. The molecule has 0 atom stereocenters. The highest BCUT2D eigenvalue weighted by molar-refractivity contribution is 7.11. The molecule has 1 aromatic carbocycles. The van der Waals surface area contributed by atoms with Gasteiger partial charge in [-0.25, -0.2) is 0 Å². The number of nitrogens with zero attached hydrogens (tertiary/aromatic N) is 2. The molecule has 3 rings (SSSR count). The second-order valence-corrected chi connectivity index (χ2v) is 7.39. The van der Waals surface area contributed by atoms with Crippen LogP contribution in [0.2, 0.25) is 0 Å². The van der Waals surface area contributed by atoms with Crippen LogP contribution >= 0.6 is 11.3 Å². The van der Waals surface area contributed by atoms with Crippen molar-refractivity contribution in [3.8, 4) is 0 Å². The molecule has 0 spiro atoms. The molecule has 1 aliphatic rings. The topological polar surface area (TPSA) is 37.8 Å². The van der Waals surface area contributed by atoms with Crippen molar-refractivity contribution in [3.63, 3.8) is 0 Å². The molecule has 1 aromatic heterocycles. The Hall–Kier alpha value is -1.26. The van der Waals surface area contributed by atoms with E-state index in [1.165, 1.54) is 18.4 Å². The molecule has 0 unspecified atom stereocenters. The zero-order valence-electron chi connectivity index (χ0n) is 12.8. The third-order valence-electron chi connectivity index (χ3n) is 4.07. The number of aryl methyl sites for hydroxylation is 1. The first-order chi connectivity index (χ1) is 10.2. The van der Waals surface area contributed by atoms with Crippen molar-refractivity contribution in [2.75, 3.05) is 6.54 Å². The average Bonchev–Trinajstić information content (AvgIpc) is 3.20. The molecule has 0 bridgehead atoms. The fourth-order valence-electron chi connectivity index (χ4n) is 2.42. The third kappa shape index (κ3) is 3.69. The van der Waals surface area contributed by atoms with E-state index in [2.05, 4.69) is 59.7 Å². The lowest BCUT2D eigenvalue weighted by atomic mass is 9.85. The van der Waals surface area contributed by atoms with Crippen LogP contribution in [0.15, 0.2) is 30.3 Å². The van der Waals surface area contributed by atoms with E-state index in [-0.39, 0.29) is 5.41 Å². The standard InChI is InChI=1S/C17H23N3S/c1-17(2,13-7-4-3-5-8-13)16-20-19-15(21-16)9-6-12-18-14-10-11-14/h3-5,7-8,14,18H,6,9-12H2,1-2H3. The molecular weight excluding hydrogens is 278 g/mol. The molecule has 0 saturated heterocycles. The van der Waals surface area contributed by atoms with Gasteiger partial charge in [0.1, 0.15) is 10.0 Å². The second kappa shape index (κ2) is 6.24. The molecule has 0 aliphatic heterocycles. The summed E-state index contributed by atoms with van der Waals surface area (Å²) in [5.74, 6) is 0. The van der Waals surface area contributed by atoms with Crippen LogP contribution in [0.4, 0.5) is 0 Å². The van der Waals surface area contributed by atoms with Gasteiger partial charge < -0.3 is 5.32 Å². The summed E-state index contributed by atoms with van der Waals surface area (Å²) in [5.41, 5.74) is 1.23. The number of aromatic nitrogens is 2. The van der Waals surface area contributed by atoms with Gasteiger partial charge in [-0.15, -0.1) is 21.5 Å². The van der Waals surface area contributed by atoms with Crippen LogP contribution in [-0.4, -0.2) is 22.8 Å². The minimum absolute atomic E-state index is 0.0660. The molecule has 21 heavy (non-hydrogen) atoms. The summed E-state index contributed by atoms with van der Waals surface area (Å²) in [6.07, 6.45) is 4.89. The molecular formula is C17H23N3S. The molecule has 2 aromatic rings. The summed E-state index contributed by atoms with van der Waals surface area (Å²) in [5, 5.41) is 14.6. The zero-order chi connectivity index (χ0) is 14.7. The first kappa shape index (κ1) is 14.7. The SMILES string of the molecule is CC(C)(c1ccccc1)c1nnc(CCCNC2CC2)s1. The Bertz CT molecular complexity index is 573. The van der Waals surface area contributed by atoms with E-state index in [4.69, 9.17) is 0 Å². The average molecular weight is 301 g/mol. The Labute approximate surface area is 130 Å². The van der Waals surface area contributed by atoms with E-state index in [0.29, 0.717) is 0 Å². The third-order valence-corrected chi connectivity index (χ3v) is 5.38. The van der Waals surface area contributed by atoms with E-state index >= 15 is 0 Å². The predicted octanol–water partition coefficient (Wildman–Crippen LogP) is 3.55. The van der Waals surface area contributed by atoms with Crippen LogP contribution in [0.3, 0.4) is 0 Å². The van der Waals surface area contributed by atoms with Crippen molar-refractivity contribution in [1.29, 1.82) is 0 Å². The fourth-order valence-corrected chi connectivity index (χ4v) is 3.42. The minimum atomic E-state index is -0.0660. The summed E-state index contributed by atoms with van der Waals surface area (Å²) >= 11 is 1.76. The minimum Gasteiger partial charge on any atom is -0.314 e. The van der Waals surface area contributed by atoms with E-state index < -0.39 is 0 Å². The fraction of sp³-hybridized carbons (Fsp3) is 0.529. The van der Waals surface area contributed by atoms with E-state index in [9.17, 15) is 0 Å². The molecule has 1 aliphatic carbocycles. The summed E-state index contributed by atoms with van der Waals surface area (Å²) in [7, 11) is 0. The van der Waals surface area contributed by atoms with Crippen molar-refractivity contribution < 1.29 is 0 Å². The normalized spacial score (nSPS) is 15.3. The lowest BCUT2D eigenvalue weighted by molar-refractivity contribution is 0.622. The number of nitrogens with one attached hydrogen (secondary N) is 1. The van der Waals surface area contributed by atoms with E-state index in [0.717, 1.165) is 35.4 Å². The highest BCUT2D eigenvalue weighted by Crippen LogP contribution is 2.33. The van der Waals surface area contributed by atoms with Crippen LogP contribution in [-0.2, 0) is 11.8 Å². The molecule has 3 nitrogen and oxygen atoms in total. The molecule has 1 saturated carbocycles. The molecule has 112 valence electrons. The van der Waals surface area contributed by atoms with Crippen molar-refractivity contribution in [1.82, 2.24) is 15.5 Å².